The third kappa shape index (κ3) is 3.07. The molecule has 2 aromatic rings. The van der Waals surface area contributed by atoms with Crippen LogP contribution in [0.1, 0.15) is 24.3 Å². The first kappa shape index (κ1) is 11.7. The van der Waals surface area contributed by atoms with E-state index in [1.54, 1.807) is 13.3 Å². The molecule has 17 heavy (non-hydrogen) atoms. The predicted octanol–water partition coefficient (Wildman–Crippen LogP) is 2.53. The minimum atomic E-state index is 0.256. The third-order valence-corrected chi connectivity index (χ3v) is 2.68. The molecule has 1 aromatic heterocycles. The minimum Gasteiger partial charge on any atom is -0.497 e. The molecule has 0 unspecified atom stereocenters. The molecule has 0 bridgehead atoms. The number of nitrogens with one attached hydrogen (secondary N) is 1. The first-order valence-corrected chi connectivity index (χ1v) is 5.54. The van der Waals surface area contributed by atoms with Crippen LogP contribution in [0.3, 0.4) is 0 Å². The number of aromatic nitrogens is 1. The molecule has 1 atom stereocenters. The molecule has 2 rings (SSSR count). The minimum absolute atomic E-state index is 0.256. The van der Waals surface area contributed by atoms with E-state index in [4.69, 9.17) is 9.15 Å². The summed E-state index contributed by atoms with van der Waals surface area (Å²) in [6, 6.07) is 8.28. The molecule has 0 radical (unpaired) electrons. The van der Waals surface area contributed by atoms with Crippen LogP contribution >= 0.6 is 0 Å². The lowest BCUT2D eigenvalue weighted by atomic mass is 10.1. The van der Waals surface area contributed by atoms with Crippen LogP contribution in [0.2, 0.25) is 0 Å². The van der Waals surface area contributed by atoms with Gasteiger partial charge in [0.2, 0.25) is 0 Å². The highest BCUT2D eigenvalue weighted by molar-refractivity contribution is 5.28. The van der Waals surface area contributed by atoms with Gasteiger partial charge in [-0.15, -0.1) is 0 Å². The SMILES string of the molecule is COc1ccc([C@H](C)NCc2cnco2)cc1. The van der Waals surface area contributed by atoms with Crippen LogP contribution in [0.4, 0.5) is 0 Å². The van der Waals surface area contributed by atoms with Gasteiger partial charge in [-0.05, 0) is 24.6 Å². The monoisotopic (exact) mass is 232 g/mol. The van der Waals surface area contributed by atoms with Crippen LogP contribution in [0.15, 0.2) is 41.3 Å². The van der Waals surface area contributed by atoms with E-state index in [1.807, 2.05) is 12.1 Å². The van der Waals surface area contributed by atoms with Crippen LogP contribution in [0, 0.1) is 0 Å². The maximum absolute atomic E-state index is 5.16. The number of methoxy groups -OCH3 is 1. The van der Waals surface area contributed by atoms with Crippen molar-refractivity contribution in [3.63, 3.8) is 0 Å². The zero-order chi connectivity index (χ0) is 12.1. The van der Waals surface area contributed by atoms with Gasteiger partial charge in [-0.2, -0.15) is 0 Å². The fraction of sp³-hybridized carbons (Fsp3) is 0.308. The van der Waals surface area contributed by atoms with Gasteiger partial charge in [0.1, 0.15) is 11.5 Å². The van der Waals surface area contributed by atoms with Crippen LogP contribution < -0.4 is 10.1 Å². The van der Waals surface area contributed by atoms with E-state index < -0.39 is 0 Å². The quantitative estimate of drug-likeness (QED) is 0.860. The number of benzene rings is 1. The number of nitrogens with zero attached hydrogens (tertiary/aromatic N) is 1. The van der Waals surface area contributed by atoms with Crippen LogP contribution in [-0.2, 0) is 6.54 Å². The van der Waals surface area contributed by atoms with E-state index in [0.29, 0.717) is 6.54 Å². The van der Waals surface area contributed by atoms with Crippen LogP contribution in [0.25, 0.3) is 0 Å². The van der Waals surface area contributed by atoms with Gasteiger partial charge in [0, 0.05) is 6.04 Å². The van der Waals surface area contributed by atoms with Crippen molar-refractivity contribution in [3.8, 4) is 5.75 Å². The molecule has 0 saturated heterocycles. The van der Waals surface area contributed by atoms with Gasteiger partial charge in [-0.3, -0.25) is 0 Å². The lowest BCUT2D eigenvalue weighted by molar-refractivity contribution is 0.414. The number of rotatable bonds is 5. The number of hydrogen-bond acceptors (Lipinski definition) is 4. The number of hydrogen-bond donors (Lipinski definition) is 1. The van der Waals surface area contributed by atoms with Crippen LogP contribution in [0.5, 0.6) is 5.75 Å². The van der Waals surface area contributed by atoms with Crippen molar-refractivity contribution in [3.05, 3.63) is 48.2 Å². The number of oxazole rings is 1. The normalized spacial score (nSPS) is 12.4. The highest BCUT2D eigenvalue weighted by Gasteiger charge is 2.05. The molecule has 0 aliphatic carbocycles. The Morgan fingerprint density at radius 2 is 2.12 bits per heavy atom. The second-order valence-electron chi connectivity index (χ2n) is 3.84. The summed E-state index contributed by atoms with van der Waals surface area (Å²) in [6.07, 6.45) is 3.16. The Labute approximate surface area is 101 Å². The Hall–Kier alpha value is -1.81. The molecular formula is C13H16N2O2. The largest absolute Gasteiger partial charge is 0.497 e. The zero-order valence-corrected chi connectivity index (χ0v) is 10.0. The first-order chi connectivity index (χ1) is 8.29. The van der Waals surface area contributed by atoms with E-state index in [0.717, 1.165) is 11.5 Å². The maximum atomic E-state index is 5.16. The summed E-state index contributed by atoms with van der Waals surface area (Å²) in [5.74, 6) is 1.71. The molecule has 0 saturated carbocycles. The van der Waals surface area contributed by atoms with Gasteiger partial charge < -0.3 is 14.5 Å². The van der Waals surface area contributed by atoms with E-state index in [2.05, 4.69) is 29.4 Å². The Bertz CT molecular complexity index is 437. The molecular weight excluding hydrogens is 216 g/mol. The van der Waals surface area contributed by atoms with Gasteiger partial charge in [-0.25, -0.2) is 4.98 Å². The molecule has 0 amide bonds. The van der Waals surface area contributed by atoms with Gasteiger partial charge in [-0.1, -0.05) is 12.1 Å². The summed E-state index contributed by atoms with van der Waals surface area (Å²) in [7, 11) is 1.67. The molecule has 4 heteroatoms. The molecule has 1 heterocycles. The second kappa shape index (κ2) is 5.50. The average Bonchev–Trinajstić information content (AvgIpc) is 2.89. The molecule has 0 aliphatic heterocycles. The van der Waals surface area contributed by atoms with Crippen molar-refractivity contribution in [1.82, 2.24) is 10.3 Å². The highest BCUT2D eigenvalue weighted by atomic mass is 16.5. The molecule has 1 aromatic carbocycles. The van der Waals surface area contributed by atoms with Crippen molar-refractivity contribution >= 4 is 0 Å². The van der Waals surface area contributed by atoms with Crippen molar-refractivity contribution in [2.75, 3.05) is 7.11 Å². The number of ether oxygens (including phenoxy) is 1. The summed E-state index contributed by atoms with van der Waals surface area (Å²) in [6.45, 7) is 2.78. The van der Waals surface area contributed by atoms with E-state index in [9.17, 15) is 0 Å². The Kier molecular flexibility index (Phi) is 3.77. The summed E-state index contributed by atoms with van der Waals surface area (Å²) < 4.78 is 10.3. The Morgan fingerprint density at radius 1 is 1.35 bits per heavy atom. The van der Waals surface area contributed by atoms with E-state index in [-0.39, 0.29) is 6.04 Å². The smallest absolute Gasteiger partial charge is 0.180 e. The van der Waals surface area contributed by atoms with Crippen molar-refractivity contribution in [2.24, 2.45) is 0 Å². The summed E-state index contributed by atoms with van der Waals surface area (Å²) in [5, 5.41) is 3.36. The van der Waals surface area contributed by atoms with Crippen LogP contribution in [-0.4, -0.2) is 12.1 Å². The zero-order valence-electron chi connectivity index (χ0n) is 10.0. The summed E-state index contributed by atoms with van der Waals surface area (Å²) >= 11 is 0. The van der Waals surface area contributed by atoms with Crippen molar-refractivity contribution < 1.29 is 9.15 Å². The van der Waals surface area contributed by atoms with Crippen molar-refractivity contribution in [2.45, 2.75) is 19.5 Å². The molecule has 0 aliphatic rings. The summed E-state index contributed by atoms with van der Waals surface area (Å²) in [5.41, 5.74) is 1.21. The molecule has 90 valence electrons. The molecule has 0 spiro atoms. The molecule has 0 fully saturated rings. The van der Waals surface area contributed by atoms with Gasteiger partial charge >= 0.3 is 0 Å². The average molecular weight is 232 g/mol. The van der Waals surface area contributed by atoms with Gasteiger partial charge in [0.15, 0.2) is 6.39 Å². The maximum Gasteiger partial charge on any atom is 0.180 e. The topological polar surface area (TPSA) is 47.3 Å². The standard InChI is InChI=1S/C13H16N2O2/c1-10(15-8-13-7-14-9-17-13)11-3-5-12(16-2)6-4-11/h3-7,9-10,15H,8H2,1-2H3/t10-/m0/s1. The van der Waals surface area contributed by atoms with E-state index >= 15 is 0 Å². The highest BCUT2D eigenvalue weighted by Crippen LogP contribution is 2.17. The predicted molar refractivity (Wildman–Crippen MR) is 64.8 cm³/mol. The summed E-state index contributed by atoms with van der Waals surface area (Å²) in [4.78, 5) is 3.87. The fourth-order valence-corrected chi connectivity index (χ4v) is 1.59. The Balaban J connectivity index is 1.92. The first-order valence-electron chi connectivity index (χ1n) is 5.54. The molecule has 4 nitrogen and oxygen atoms in total. The van der Waals surface area contributed by atoms with Gasteiger partial charge in [0.05, 0.1) is 19.9 Å². The Morgan fingerprint density at radius 3 is 2.71 bits per heavy atom. The lowest BCUT2D eigenvalue weighted by Crippen LogP contribution is -2.17. The third-order valence-electron chi connectivity index (χ3n) is 2.68. The van der Waals surface area contributed by atoms with Crippen molar-refractivity contribution in [1.29, 1.82) is 0 Å². The lowest BCUT2D eigenvalue weighted by Gasteiger charge is -2.13. The second-order valence-corrected chi connectivity index (χ2v) is 3.84. The fourth-order valence-electron chi connectivity index (χ4n) is 1.59. The molecule has 1 N–H and O–H groups in total. The van der Waals surface area contributed by atoms with E-state index in [1.165, 1.54) is 12.0 Å². The van der Waals surface area contributed by atoms with Gasteiger partial charge in [0.25, 0.3) is 0 Å².